The van der Waals surface area contributed by atoms with Gasteiger partial charge in [0.15, 0.2) is 0 Å². The highest BCUT2D eigenvalue weighted by atomic mass is 15.2. The Bertz CT molecular complexity index is 6820. The van der Waals surface area contributed by atoms with Crippen molar-refractivity contribution in [2.45, 2.75) is 20.8 Å². The van der Waals surface area contributed by atoms with Gasteiger partial charge >= 0.3 is 0 Å². The molecule has 4 aromatic heterocycles. The Morgan fingerprint density at radius 1 is 0.134 bits per heavy atom. The largest absolute Gasteiger partial charge is 0.310 e. The van der Waals surface area contributed by atoms with Crippen molar-refractivity contribution in [1.82, 2.24) is 18.3 Å². The number of hydrogen-bond donors (Lipinski definition) is 0. The molecule has 0 aliphatic heterocycles. The summed E-state index contributed by atoms with van der Waals surface area (Å²) in [6.07, 6.45) is 0. The lowest BCUT2D eigenvalue weighted by atomic mass is 10.1. The van der Waals surface area contributed by atoms with Crippen LogP contribution >= 0.6 is 0 Å². The van der Waals surface area contributed by atoms with Gasteiger partial charge in [0.1, 0.15) is 0 Å². The fraction of sp³-hybridized carbons (Fsp3) is 0.0270. The maximum Gasteiger partial charge on any atom is 0.0543 e. The van der Waals surface area contributed by atoms with Gasteiger partial charge in [-0.1, -0.05) is 200 Å². The molecule has 0 N–H and O–H groups in total. The Kier molecular flexibility index (Phi) is 18.1. The summed E-state index contributed by atoms with van der Waals surface area (Å²) in [6, 6.07) is 160. The predicted molar refractivity (Wildman–Crippen MR) is 503 cm³/mol. The first-order valence-electron chi connectivity index (χ1n) is 40.8. The molecule has 0 saturated carbocycles. The van der Waals surface area contributed by atoms with Crippen LogP contribution in [-0.2, 0) is 0 Å². The van der Waals surface area contributed by atoms with Gasteiger partial charge < -0.3 is 37.9 Å². The summed E-state index contributed by atoms with van der Waals surface area (Å²) in [5, 5.41) is 10.1. The van der Waals surface area contributed by atoms with Crippen molar-refractivity contribution in [3.63, 3.8) is 0 Å². The molecule has 22 aromatic rings. The van der Waals surface area contributed by atoms with Gasteiger partial charge in [-0.15, -0.1) is 0 Å². The molecule has 0 radical (unpaired) electrons. The molecule has 0 fully saturated rings. The smallest absolute Gasteiger partial charge is 0.0543 e. The molecule has 119 heavy (non-hydrogen) atoms. The van der Waals surface area contributed by atoms with Gasteiger partial charge in [0.05, 0.1) is 44.1 Å². The molecule has 566 valence electrons. The van der Waals surface area contributed by atoms with Crippen molar-refractivity contribution < 1.29 is 0 Å². The van der Waals surface area contributed by atoms with Gasteiger partial charge in [0.2, 0.25) is 0 Å². The summed E-state index contributed by atoms with van der Waals surface area (Å²) in [7, 11) is 0. The minimum atomic E-state index is 1.06. The molecular formula is C111H82N8. The van der Waals surface area contributed by atoms with E-state index in [-0.39, 0.29) is 0 Å². The topological polar surface area (TPSA) is 32.7 Å². The van der Waals surface area contributed by atoms with Gasteiger partial charge in [-0.3, -0.25) is 0 Å². The van der Waals surface area contributed by atoms with Crippen molar-refractivity contribution in [1.29, 1.82) is 0 Å². The van der Waals surface area contributed by atoms with Gasteiger partial charge in [-0.05, 0) is 280 Å². The summed E-state index contributed by atoms with van der Waals surface area (Å²) in [4.78, 5) is 9.36. The van der Waals surface area contributed by atoms with Crippen LogP contribution in [0, 0.1) is 20.8 Å². The maximum absolute atomic E-state index is 2.39. The van der Waals surface area contributed by atoms with E-state index in [1.807, 2.05) is 0 Å². The zero-order valence-electron chi connectivity index (χ0n) is 66.2. The second-order valence-corrected chi connectivity index (χ2v) is 30.8. The number of aryl methyl sites for hydroxylation is 3. The molecule has 4 heterocycles. The summed E-state index contributed by atoms with van der Waals surface area (Å²) < 4.78 is 9.52. The minimum absolute atomic E-state index is 1.06. The van der Waals surface area contributed by atoms with Gasteiger partial charge in [-0.25, -0.2) is 0 Å². The van der Waals surface area contributed by atoms with E-state index in [2.05, 4.69) is 501 Å². The van der Waals surface area contributed by atoms with E-state index in [1.165, 1.54) is 104 Å². The fourth-order valence-electron chi connectivity index (χ4n) is 17.9. The summed E-state index contributed by atoms with van der Waals surface area (Å²) in [5.74, 6) is 0. The first-order valence-corrected chi connectivity index (χ1v) is 40.8. The van der Waals surface area contributed by atoms with Crippen LogP contribution in [0.4, 0.5) is 68.2 Å². The number of aromatic nitrogens is 4. The average Bonchev–Trinajstić information content (AvgIpc) is 1.62. The number of fused-ring (bicyclic) bond motifs is 12. The Balaban J connectivity index is 0.000000148. The van der Waals surface area contributed by atoms with Gasteiger partial charge in [0, 0.05) is 134 Å². The van der Waals surface area contributed by atoms with E-state index < -0.39 is 0 Å². The lowest BCUT2D eigenvalue weighted by Gasteiger charge is -2.29. The zero-order chi connectivity index (χ0) is 79.4. The van der Waals surface area contributed by atoms with E-state index in [9.17, 15) is 0 Å². The normalized spacial score (nSPS) is 11.5. The Labute approximate surface area is 691 Å². The van der Waals surface area contributed by atoms with Crippen LogP contribution in [-0.4, -0.2) is 18.3 Å². The molecule has 0 spiro atoms. The third kappa shape index (κ3) is 12.9. The molecule has 0 saturated heterocycles. The van der Waals surface area contributed by atoms with Crippen molar-refractivity contribution >= 4 is 155 Å². The highest BCUT2D eigenvalue weighted by molar-refractivity contribution is 6.13. The molecule has 8 heteroatoms. The van der Waals surface area contributed by atoms with Crippen molar-refractivity contribution in [2.24, 2.45) is 0 Å². The van der Waals surface area contributed by atoms with Crippen LogP contribution in [0.5, 0.6) is 0 Å². The summed E-state index contributed by atoms with van der Waals surface area (Å²) in [5.41, 5.74) is 30.9. The third-order valence-corrected chi connectivity index (χ3v) is 23.3. The Morgan fingerprint density at radius 2 is 0.319 bits per heavy atom. The molecule has 22 rings (SSSR count). The van der Waals surface area contributed by atoms with Crippen molar-refractivity contribution in [3.05, 3.63) is 460 Å². The van der Waals surface area contributed by atoms with E-state index in [1.54, 1.807) is 0 Å². The second kappa shape index (κ2) is 30.3. The standard InChI is InChI=1S/C57H46N4.C54H36N4/c1-41-14-12-20-52(38-41)59(44-16-6-4-7-17-44)49-29-25-46(26-30-49)58(47-27-31-50(32-28-47)60(45-18-8-5-9-19-45)53-21-13-15-42(2)39-53)48-33-35-51(36-34-48)61-56-23-11-10-22-54(56)55-37-24-43(3)40-57(55)61;1-7-19-49-43(13-1)44-14-2-8-20-50(44)56(49)40-31-25-37(26-32-40)55(38-27-33-41(34-28-38)57-51-21-9-3-15-45(51)46-16-4-10-22-52(46)57)39-29-35-42(36-30-39)58-53-23-11-5-17-47(53)48-18-6-12-24-54(48)58/h4-40H,1-3H3;1-36H. The molecule has 18 aromatic carbocycles. The first-order chi connectivity index (χ1) is 58.8. The lowest BCUT2D eigenvalue weighted by molar-refractivity contribution is 1.16. The maximum atomic E-state index is 2.39. The van der Waals surface area contributed by atoms with Crippen molar-refractivity contribution in [2.75, 3.05) is 19.6 Å². The van der Waals surface area contributed by atoms with Crippen LogP contribution in [0.25, 0.3) is 110 Å². The van der Waals surface area contributed by atoms with Gasteiger partial charge in [-0.2, -0.15) is 0 Å². The quantitative estimate of drug-likeness (QED) is 0.0965. The van der Waals surface area contributed by atoms with Crippen LogP contribution in [0.15, 0.2) is 443 Å². The molecule has 0 bridgehead atoms. The fourth-order valence-corrected chi connectivity index (χ4v) is 17.9. The Hall–Kier alpha value is -15.6. The monoisotopic (exact) mass is 1530 g/mol. The number of hydrogen-bond acceptors (Lipinski definition) is 4. The van der Waals surface area contributed by atoms with Crippen LogP contribution in [0.1, 0.15) is 16.7 Å². The van der Waals surface area contributed by atoms with Crippen molar-refractivity contribution in [3.8, 4) is 22.7 Å². The van der Waals surface area contributed by atoms with Crippen LogP contribution < -0.4 is 19.6 Å². The average molecular weight is 1530 g/mol. The molecule has 0 aliphatic rings. The highest BCUT2D eigenvalue weighted by Crippen LogP contribution is 2.46. The molecule has 0 aliphatic carbocycles. The third-order valence-electron chi connectivity index (χ3n) is 23.3. The minimum Gasteiger partial charge on any atom is -0.310 e. The number of anilines is 12. The Morgan fingerprint density at radius 3 is 0.571 bits per heavy atom. The highest BCUT2D eigenvalue weighted by Gasteiger charge is 2.23. The molecule has 0 unspecified atom stereocenters. The predicted octanol–water partition coefficient (Wildman–Crippen LogP) is 30.6. The van der Waals surface area contributed by atoms with E-state index in [4.69, 9.17) is 0 Å². The SMILES string of the molecule is Cc1cccc(N(c2ccccc2)c2ccc(N(c3ccc(N(c4ccccc4)c4cccc(C)c4)cc3)c3ccc(-n4c5ccccc5c5ccc(C)cc54)cc3)cc2)c1.c1ccc2c(c1)c1ccccc1n2-c1ccc(N(c2ccc(-n3c4ccccc4c4ccccc43)cc2)c2ccc(-n3c4ccccc4c4ccccc43)cc2)cc1. The summed E-state index contributed by atoms with van der Waals surface area (Å²) >= 11 is 0. The number of nitrogens with zero attached hydrogens (tertiary/aromatic N) is 8. The zero-order valence-corrected chi connectivity index (χ0v) is 66.2. The summed E-state index contributed by atoms with van der Waals surface area (Å²) in [6.45, 7) is 6.46. The molecule has 0 atom stereocenters. The number of para-hydroxylation sites is 9. The first kappa shape index (κ1) is 71.2. The second-order valence-electron chi connectivity index (χ2n) is 30.8. The van der Waals surface area contributed by atoms with Crippen LogP contribution in [0.2, 0.25) is 0 Å². The number of rotatable bonds is 16. The molecular weight excluding hydrogens is 1450 g/mol. The lowest BCUT2D eigenvalue weighted by Crippen LogP contribution is -2.13. The molecule has 8 nitrogen and oxygen atoms in total. The van der Waals surface area contributed by atoms with Crippen LogP contribution in [0.3, 0.4) is 0 Å². The molecule has 0 amide bonds. The van der Waals surface area contributed by atoms with E-state index >= 15 is 0 Å². The van der Waals surface area contributed by atoms with E-state index in [0.29, 0.717) is 0 Å². The number of benzene rings is 18. The van der Waals surface area contributed by atoms with E-state index in [0.717, 1.165) is 91.0 Å². The van der Waals surface area contributed by atoms with Gasteiger partial charge in [0.25, 0.3) is 0 Å².